The van der Waals surface area contributed by atoms with Crippen molar-refractivity contribution in [2.45, 2.75) is 40.2 Å². The predicted octanol–water partition coefficient (Wildman–Crippen LogP) is 4.71. The number of hydrogen-bond donors (Lipinski definition) is 2. The molecule has 2 aromatic carbocycles. The van der Waals surface area contributed by atoms with Gasteiger partial charge in [0.25, 0.3) is 5.91 Å². The number of carbonyl (C=O) groups excluding carboxylic acids is 2. The van der Waals surface area contributed by atoms with Crippen LogP contribution in [-0.2, 0) is 4.79 Å². The molecule has 1 atom stereocenters. The van der Waals surface area contributed by atoms with Gasteiger partial charge in [0.1, 0.15) is 5.75 Å². The van der Waals surface area contributed by atoms with Gasteiger partial charge in [0.05, 0.1) is 6.10 Å². The lowest BCUT2D eigenvalue weighted by Gasteiger charge is -2.13. The summed E-state index contributed by atoms with van der Waals surface area (Å²) in [7, 11) is 0. The SMILES string of the molecule is CC[C@H](C)Oc1ccc(C(=O)Nc2ccc(NC(=O)C(C)C)cc2)cc1. The average molecular weight is 354 g/mol. The molecule has 0 aromatic heterocycles. The minimum Gasteiger partial charge on any atom is -0.491 e. The predicted molar refractivity (Wildman–Crippen MR) is 105 cm³/mol. The maximum Gasteiger partial charge on any atom is 0.255 e. The van der Waals surface area contributed by atoms with Gasteiger partial charge in [0.15, 0.2) is 0 Å². The summed E-state index contributed by atoms with van der Waals surface area (Å²) in [4.78, 5) is 24.0. The molecule has 5 nitrogen and oxygen atoms in total. The molecule has 2 aromatic rings. The highest BCUT2D eigenvalue weighted by atomic mass is 16.5. The van der Waals surface area contributed by atoms with Gasteiger partial charge in [-0.1, -0.05) is 20.8 Å². The highest BCUT2D eigenvalue weighted by molar-refractivity contribution is 6.04. The molecule has 2 N–H and O–H groups in total. The Morgan fingerprint density at radius 1 is 0.885 bits per heavy atom. The van der Waals surface area contributed by atoms with Gasteiger partial charge in [-0.3, -0.25) is 9.59 Å². The maximum atomic E-state index is 12.3. The van der Waals surface area contributed by atoms with E-state index in [1.165, 1.54) is 0 Å². The van der Waals surface area contributed by atoms with E-state index in [4.69, 9.17) is 4.74 Å². The second-order valence-electron chi connectivity index (χ2n) is 6.54. The van der Waals surface area contributed by atoms with Crippen LogP contribution in [0.1, 0.15) is 44.5 Å². The van der Waals surface area contributed by atoms with Crippen LogP contribution >= 0.6 is 0 Å². The lowest BCUT2D eigenvalue weighted by molar-refractivity contribution is -0.118. The first-order valence-corrected chi connectivity index (χ1v) is 8.88. The zero-order valence-electron chi connectivity index (χ0n) is 15.7. The fourth-order valence-electron chi connectivity index (χ4n) is 2.13. The molecular formula is C21H26N2O3. The molecular weight excluding hydrogens is 328 g/mol. The molecule has 0 aliphatic rings. The molecule has 0 spiro atoms. The summed E-state index contributed by atoms with van der Waals surface area (Å²) >= 11 is 0. The van der Waals surface area contributed by atoms with Crippen LogP contribution < -0.4 is 15.4 Å². The molecule has 0 saturated heterocycles. The monoisotopic (exact) mass is 354 g/mol. The fourth-order valence-corrected chi connectivity index (χ4v) is 2.13. The van der Waals surface area contributed by atoms with Gasteiger partial charge in [-0.2, -0.15) is 0 Å². The van der Waals surface area contributed by atoms with E-state index in [9.17, 15) is 9.59 Å². The summed E-state index contributed by atoms with van der Waals surface area (Å²) in [5.74, 6) is 0.434. The number of ether oxygens (including phenoxy) is 1. The minimum absolute atomic E-state index is 0.0403. The van der Waals surface area contributed by atoms with Crippen LogP contribution in [0.25, 0.3) is 0 Å². The van der Waals surface area contributed by atoms with E-state index in [0.717, 1.165) is 12.2 Å². The normalized spacial score (nSPS) is 11.7. The van der Waals surface area contributed by atoms with Gasteiger partial charge in [-0.15, -0.1) is 0 Å². The van der Waals surface area contributed by atoms with E-state index >= 15 is 0 Å². The topological polar surface area (TPSA) is 67.4 Å². The number of hydrogen-bond acceptors (Lipinski definition) is 3. The van der Waals surface area contributed by atoms with Crippen LogP contribution in [0.3, 0.4) is 0 Å². The zero-order valence-corrected chi connectivity index (χ0v) is 15.7. The van der Waals surface area contributed by atoms with Crippen molar-refractivity contribution in [3.63, 3.8) is 0 Å². The Hall–Kier alpha value is -2.82. The van der Waals surface area contributed by atoms with Crippen LogP contribution in [-0.4, -0.2) is 17.9 Å². The third-order valence-corrected chi connectivity index (χ3v) is 3.96. The van der Waals surface area contributed by atoms with Gasteiger partial charge in [-0.25, -0.2) is 0 Å². The Morgan fingerprint density at radius 2 is 1.42 bits per heavy atom. The second kappa shape index (κ2) is 9.04. The second-order valence-corrected chi connectivity index (χ2v) is 6.54. The fraction of sp³-hybridized carbons (Fsp3) is 0.333. The summed E-state index contributed by atoms with van der Waals surface area (Å²) in [5, 5.41) is 5.65. The van der Waals surface area contributed by atoms with Gasteiger partial charge < -0.3 is 15.4 Å². The van der Waals surface area contributed by atoms with E-state index in [1.807, 2.05) is 20.8 Å². The quantitative estimate of drug-likeness (QED) is 0.756. The van der Waals surface area contributed by atoms with Crippen LogP contribution in [0.4, 0.5) is 11.4 Å². The molecule has 2 amide bonds. The number of amides is 2. The molecule has 0 aliphatic carbocycles. The Kier molecular flexibility index (Phi) is 6.78. The molecule has 0 fully saturated rings. The molecule has 2 rings (SSSR count). The largest absolute Gasteiger partial charge is 0.491 e. The first-order valence-electron chi connectivity index (χ1n) is 8.88. The Balaban J connectivity index is 1.95. The number of anilines is 2. The van der Waals surface area contributed by atoms with E-state index in [0.29, 0.717) is 16.9 Å². The van der Waals surface area contributed by atoms with Crippen molar-refractivity contribution in [1.82, 2.24) is 0 Å². The highest BCUT2D eigenvalue weighted by Crippen LogP contribution is 2.18. The summed E-state index contributed by atoms with van der Waals surface area (Å²) in [6.07, 6.45) is 1.07. The van der Waals surface area contributed by atoms with Crippen molar-refractivity contribution in [1.29, 1.82) is 0 Å². The van der Waals surface area contributed by atoms with E-state index < -0.39 is 0 Å². The van der Waals surface area contributed by atoms with Crippen molar-refractivity contribution in [2.24, 2.45) is 5.92 Å². The maximum absolute atomic E-state index is 12.3. The Bertz CT molecular complexity index is 737. The Morgan fingerprint density at radius 3 is 1.92 bits per heavy atom. The first-order chi connectivity index (χ1) is 12.4. The number of carbonyl (C=O) groups is 2. The number of nitrogens with one attached hydrogen (secondary N) is 2. The first kappa shape index (κ1) is 19.5. The van der Waals surface area contributed by atoms with Crippen LogP contribution in [0, 0.1) is 5.92 Å². The standard InChI is InChI=1S/C21H26N2O3/c1-5-15(4)26-19-12-6-16(7-13-19)21(25)23-18-10-8-17(9-11-18)22-20(24)14(2)3/h6-15H,5H2,1-4H3,(H,22,24)(H,23,25)/t15-/m0/s1. The molecule has 26 heavy (non-hydrogen) atoms. The van der Waals surface area contributed by atoms with Crippen molar-refractivity contribution in [2.75, 3.05) is 10.6 Å². The highest BCUT2D eigenvalue weighted by Gasteiger charge is 2.09. The zero-order chi connectivity index (χ0) is 19.1. The summed E-state index contributed by atoms with van der Waals surface area (Å²) in [6.45, 7) is 7.74. The summed E-state index contributed by atoms with van der Waals surface area (Å²) in [5.41, 5.74) is 1.92. The third kappa shape index (κ3) is 5.62. The average Bonchev–Trinajstić information content (AvgIpc) is 2.63. The lowest BCUT2D eigenvalue weighted by Crippen LogP contribution is -2.17. The molecule has 0 radical (unpaired) electrons. The van der Waals surface area contributed by atoms with Crippen molar-refractivity contribution >= 4 is 23.2 Å². The van der Waals surface area contributed by atoms with Crippen molar-refractivity contribution in [3.8, 4) is 5.75 Å². The third-order valence-electron chi connectivity index (χ3n) is 3.96. The van der Waals surface area contributed by atoms with Crippen LogP contribution in [0.5, 0.6) is 5.75 Å². The van der Waals surface area contributed by atoms with E-state index in [-0.39, 0.29) is 23.8 Å². The van der Waals surface area contributed by atoms with Crippen LogP contribution in [0.2, 0.25) is 0 Å². The summed E-state index contributed by atoms with van der Waals surface area (Å²) in [6, 6.07) is 14.1. The Labute approximate surface area is 154 Å². The summed E-state index contributed by atoms with van der Waals surface area (Å²) < 4.78 is 5.71. The van der Waals surface area contributed by atoms with Gasteiger partial charge in [0, 0.05) is 22.9 Å². The minimum atomic E-state index is -0.195. The molecule has 0 heterocycles. The molecule has 5 heteroatoms. The number of rotatable bonds is 7. The van der Waals surface area contributed by atoms with Gasteiger partial charge >= 0.3 is 0 Å². The van der Waals surface area contributed by atoms with E-state index in [1.54, 1.807) is 48.5 Å². The smallest absolute Gasteiger partial charge is 0.255 e. The van der Waals surface area contributed by atoms with Crippen molar-refractivity contribution < 1.29 is 14.3 Å². The van der Waals surface area contributed by atoms with E-state index in [2.05, 4.69) is 17.6 Å². The molecule has 138 valence electrons. The molecule has 0 aliphatic heterocycles. The van der Waals surface area contributed by atoms with Crippen LogP contribution in [0.15, 0.2) is 48.5 Å². The lowest BCUT2D eigenvalue weighted by atomic mass is 10.2. The molecule has 0 unspecified atom stereocenters. The van der Waals surface area contributed by atoms with Crippen molar-refractivity contribution in [3.05, 3.63) is 54.1 Å². The molecule has 0 saturated carbocycles. The van der Waals surface area contributed by atoms with Gasteiger partial charge in [-0.05, 0) is 61.9 Å². The molecule has 0 bridgehead atoms. The van der Waals surface area contributed by atoms with Gasteiger partial charge in [0.2, 0.25) is 5.91 Å². The number of benzene rings is 2.